The van der Waals surface area contributed by atoms with E-state index in [1.807, 2.05) is 0 Å². The van der Waals surface area contributed by atoms with Crippen LogP contribution in [0.15, 0.2) is 0 Å². The summed E-state index contributed by atoms with van der Waals surface area (Å²) in [5.41, 5.74) is 0. The molecule has 0 aromatic heterocycles. The Bertz CT molecular complexity index is 79.8. The number of hydrogen-bond donors (Lipinski definition) is 0. The second-order valence-electron chi connectivity index (χ2n) is 1.06. The maximum absolute atomic E-state index is 11.1. The van der Waals surface area contributed by atoms with Crippen LogP contribution in [0.3, 0.4) is 0 Å². The second-order valence-corrected chi connectivity index (χ2v) is 1.06. The quantitative estimate of drug-likeness (QED) is 0.385. The zero-order chi connectivity index (χ0) is 5.70. The third-order valence-corrected chi connectivity index (χ3v) is 0.459. The van der Waals surface area contributed by atoms with E-state index in [2.05, 4.69) is 0 Å². The average molecular weight is 104 g/mol. The lowest BCUT2D eigenvalue weighted by molar-refractivity contribution is -0.130. The van der Waals surface area contributed by atoms with E-state index in [-0.39, 0.29) is 12.8 Å². The summed E-state index contributed by atoms with van der Waals surface area (Å²) in [6, 6.07) is -1.42. The highest BCUT2D eigenvalue weighted by molar-refractivity contribution is 5.71. The summed E-state index contributed by atoms with van der Waals surface area (Å²) in [5.74, 6) is 0. The Morgan fingerprint density at radius 2 is 2.29 bits per heavy atom. The van der Waals surface area contributed by atoms with Gasteiger partial charge in [0.1, 0.15) is 6.29 Å². The van der Waals surface area contributed by atoms with Gasteiger partial charge in [-0.3, -0.25) is 4.79 Å². The van der Waals surface area contributed by atoms with Crippen molar-refractivity contribution in [1.82, 2.24) is 0 Å². The molecule has 0 unspecified atom stereocenters. The van der Waals surface area contributed by atoms with Gasteiger partial charge >= 0.3 is 6.04 Å². The summed E-state index contributed by atoms with van der Waals surface area (Å²) in [6.45, 7) is 0. The van der Waals surface area contributed by atoms with Crippen LogP contribution in [0.5, 0.6) is 0 Å². The average Bonchev–Trinajstić information content (AvgIpc) is 1.61. The molecule has 0 saturated carbocycles. The molecule has 0 fully saturated rings. The SMILES string of the molecule is O=CCCC(=O)F. The first-order valence-corrected chi connectivity index (χ1v) is 1.89. The first-order valence-electron chi connectivity index (χ1n) is 1.89. The van der Waals surface area contributed by atoms with Crippen LogP contribution in [-0.4, -0.2) is 12.3 Å². The Labute approximate surface area is 40.3 Å². The monoisotopic (exact) mass is 104 g/mol. The molecule has 3 heteroatoms. The zero-order valence-electron chi connectivity index (χ0n) is 3.69. The van der Waals surface area contributed by atoms with Crippen LogP contribution >= 0.6 is 0 Å². The number of hydrogen-bond acceptors (Lipinski definition) is 2. The van der Waals surface area contributed by atoms with Gasteiger partial charge in [-0.05, 0) is 0 Å². The van der Waals surface area contributed by atoms with Gasteiger partial charge < -0.3 is 4.79 Å². The molecule has 0 heterocycles. The number of rotatable bonds is 3. The van der Waals surface area contributed by atoms with E-state index < -0.39 is 6.04 Å². The van der Waals surface area contributed by atoms with E-state index in [0.717, 1.165) is 0 Å². The molecule has 40 valence electrons. The summed E-state index contributed by atoms with van der Waals surface area (Å²) < 4.78 is 11.1. The molecule has 2 nitrogen and oxygen atoms in total. The minimum Gasteiger partial charge on any atom is -0.303 e. The summed E-state index contributed by atoms with van der Waals surface area (Å²) in [6.07, 6.45) is 0.232. The van der Waals surface area contributed by atoms with Crippen LogP contribution in [0.2, 0.25) is 0 Å². The predicted octanol–water partition coefficient (Wildman–Crippen LogP) is 0.462. The fourth-order valence-corrected chi connectivity index (χ4v) is 0.172. The van der Waals surface area contributed by atoms with Crippen LogP contribution in [0.1, 0.15) is 12.8 Å². The molecule has 0 aliphatic rings. The van der Waals surface area contributed by atoms with Crippen molar-refractivity contribution in [3.8, 4) is 0 Å². The van der Waals surface area contributed by atoms with Crippen molar-refractivity contribution in [3.63, 3.8) is 0 Å². The maximum Gasteiger partial charge on any atom is 0.301 e. The Morgan fingerprint density at radius 3 is 2.43 bits per heavy atom. The lowest BCUT2D eigenvalue weighted by Gasteiger charge is -1.76. The number of carbonyl (C=O) groups excluding carboxylic acids is 2. The van der Waals surface area contributed by atoms with Gasteiger partial charge in [-0.2, -0.15) is 4.39 Å². The highest BCUT2D eigenvalue weighted by Gasteiger charge is 1.93. The van der Waals surface area contributed by atoms with Crippen molar-refractivity contribution >= 4 is 12.3 Å². The van der Waals surface area contributed by atoms with E-state index in [4.69, 9.17) is 0 Å². The minimum absolute atomic E-state index is 0.00463. The fourth-order valence-electron chi connectivity index (χ4n) is 0.172. The van der Waals surface area contributed by atoms with E-state index in [1.165, 1.54) is 0 Å². The third-order valence-electron chi connectivity index (χ3n) is 0.459. The molecule has 0 aliphatic carbocycles. The standard InChI is InChI=1S/C4H5FO2/c5-4(7)2-1-3-6/h3H,1-2H2. The normalized spacial score (nSPS) is 8.14. The van der Waals surface area contributed by atoms with E-state index in [1.54, 1.807) is 0 Å². The molecule has 0 N–H and O–H groups in total. The Morgan fingerprint density at radius 1 is 1.71 bits per heavy atom. The molecule has 7 heavy (non-hydrogen) atoms. The molecule has 0 saturated heterocycles. The van der Waals surface area contributed by atoms with Crippen molar-refractivity contribution in [2.45, 2.75) is 12.8 Å². The van der Waals surface area contributed by atoms with Crippen LogP contribution in [0.4, 0.5) is 4.39 Å². The summed E-state index contributed by atoms with van der Waals surface area (Å²) in [5, 5.41) is 0. The topological polar surface area (TPSA) is 34.1 Å². The molecular weight excluding hydrogens is 99.0 g/mol. The van der Waals surface area contributed by atoms with Gasteiger partial charge in [0.15, 0.2) is 0 Å². The second kappa shape index (κ2) is 3.46. The van der Waals surface area contributed by atoms with Gasteiger partial charge in [-0.1, -0.05) is 0 Å². The van der Waals surface area contributed by atoms with Gasteiger partial charge in [0.25, 0.3) is 0 Å². The smallest absolute Gasteiger partial charge is 0.301 e. The summed E-state index contributed by atoms with van der Waals surface area (Å²) in [4.78, 5) is 18.8. The highest BCUT2D eigenvalue weighted by atomic mass is 19.1. The maximum atomic E-state index is 11.1. The zero-order valence-corrected chi connectivity index (χ0v) is 3.69. The van der Waals surface area contributed by atoms with Crippen molar-refractivity contribution < 1.29 is 14.0 Å². The largest absolute Gasteiger partial charge is 0.303 e. The molecule has 0 aromatic rings. The van der Waals surface area contributed by atoms with Crippen molar-refractivity contribution in [2.24, 2.45) is 0 Å². The van der Waals surface area contributed by atoms with Crippen LogP contribution in [0, 0.1) is 0 Å². The summed E-state index contributed by atoms with van der Waals surface area (Å²) >= 11 is 0. The predicted molar refractivity (Wildman–Crippen MR) is 21.4 cm³/mol. The van der Waals surface area contributed by atoms with Gasteiger partial charge in [-0.25, -0.2) is 0 Å². The van der Waals surface area contributed by atoms with Gasteiger partial charge in [0, 0.05) is 12.8 Å². The lowest BCUT2D eigenvalue weighted by atomic mass is 10.4. The van der Waals surface area contributed by atoms with E-state index in [0.29, 0.717) is 6.29 Å². The number of carbonyl (C=O) groups is 2. The molecule has 0 aromatic carbocycles. The molecule has 0 aliphatic heterocycles. The molecule has 0 bridgehead atoms. The number of aldehydes is 1. The molecule has 0 radical (unpaired) electrons. The molecule has 0 amide bonds. The van der Waals surface area contributed by atoms with E-state index >= 15 is 0 Å². The van der Waals surface area contributed by atoms with Crippen molar-refractivity contribution in [1.29, 1.82) is 0 Å². The van der Waals surface area contributed by atoms with Crippen LogP contribution in [-0.2, 0) is 9.59 Å². The fraction of sp³-hybridized carbons (Fsp3) is 0.500. The van der Waals surface area contributed by atoms with Gasteiger partial charge in [0.2, 0.25) is 0 Å². The van der Waals surface area contributed by atoms with Gasteiger partial charge in [-0.15, -0.1) is 0 Å². The number of halogens is 1. The molecule has 0 atom stereocenters. The Balaban J connectivity index is 2.97. The molecular formula is C4H5FO2. The van der Waals surface area contributed by atoms with Crippen LogP contribution < -0.4 is 0 Å². The Hall–Kier alpha value is -0.730. The van der Waals surface area contributed by atoms with Gasteiger partial charge in [0.05, 0.1) is 0 Å². The molecule has 0 rings (SSSR count). The third kappa shape index (κ3) is 5.27. The van der Waals surface area contributed by atoms with Crippen molar-refractivity contribution in [2.75, 3.05) is 0 Å². The summed E-state index contributed by atoms with van der Waals surface area (Å²) in [7, 11) is 0. The Kier molecular flexibility index (Phi) is 3.10. The van der Waals surface area contributed by atoms with Crippen molar-refractivity contribution in [3.05, 3.63) is 0 Å². The van der Waals surface area contributed by atoms with Crippen LogP contribution in [0.25, 0.3) is 0 Å². The minimum atomic E-state index is -1.42. The molecule has 0 spiro atoms. The highest BCUT2D eigenvalue weighted by Crippen LogP contribution is 1.85. The first kappa shape index (κ1) is 6.27. The van der Waals surface area contributed by atoms with E-state index in [9.17, 15) is 14.0 Å². The first-order chi connectivity index (χ1) is 3.27. The lowest BCUT2D eigenvalue weighted by Crippen LogP contribution is -1.86.